The highest BCUT2D eigenvalue weighted by atomic mass is 79.9. The highest BCUT2D eigenvalue weighted by molar-refractivity contribution is 9.10. The number of rotatable bonds is 2. The van der Waals surface area contributed by atoms with Gasteiger partial charge in [-0.3, -0.25) is 9.59 Å². The molecule has 0 unspecified atom stereocenters. The van der Waals surface area contributed by atoms with Crippen molar-refractivity contribution < 1.29 is 9.59 Å². The third-order valence-corrected chi connectivity index (χ3v) is 1.12. The Kier molecular flexibility index (Phi) is 2.90. The summed E-state index contributed by atoms with van der Waals surface area (Å²) >= 11 is 2.97. The van der Waals surface area contributed by atoms with Gasteiger partial charge in [0.15, 0.2) is 5.78 Å². The molecule has 0 aromatic carbocycles. The van der Waals surface area contributed by atoms with Gasteiger partial charge in [0.1, 0.15) is 0 Å². The second-order valence-corrected chi connectivity index (χ2v) is 2.91. The first-order valence-electron chi connectivity index (χ1n) is 2.24. The summed E-state index contributed by atoms with van der Waals surface area (Å²) in [6.07, 6.45) is 0. The highest BCUT2D eigenvalue weighted by Gasteiger charge is 2.12. The van der Waals surface area contributed by atoms with Crippen molar-refractivity contribution in [3.05, 3.63) is 0 Å². The summed E-state index contributed by atoms with van der Waals surface area (Å²) in [4.78, 5) is 20.3. The standard InChI is InChI=1S/C5H7BrO2/c1-3(6)5(8)4(2)7/h3H,1-2H3/t3-/m0/s1. The zero-order valence-corrected chi connectivity index (χ0v) is 6.36. The van der Waals surface area contributed by atoms with Crippen LogP contribution in [0.25, 0.3) is 0 Å². The van der Waals surface area contributed by atoms with E-state index in [4.69, 9.17) is 0 Å². The van der Waals surface area contributed by atoms with Gasteiger partial charge in [0, 0.05) is 6.92 Å². The van der Waals surface area contributed by atoms with Crippen LogP contribution in [0.2, 0.25) is 0 Å². The van der Waals surface area contributed by atoms with Crippen molar-refractivity contribution in [1.29, 1.82) is 0 Å². The lowest BCUT2D eigenvalue weighted by molar-refractivity contribution is -0.134. The number of halogens is 1. The van der Waals surface area contributed by atoms with E-state index in [1.165, 1.54) is 6.92 Å². The van der Waals surface area contributed by atoms with E-state index >= 15 is 0 Å². The fraction of sp³-hybridized carbons (Fsp3) is 0.600. The maximum Gasteiger partial charge on any atom is 0.211 e. The molecule has 0 aromatic rings. The van der Waals surface area contributed by atoms with Crippen molar-refractivity contribution in [3.63, 3.8) is 0 Å². The molecule has 0 saturated carbocycles. The monoisotopic (exact) mass is 178 g/mol. The predicted octanol–water partition coefficient (Wildman–Crippen LogP) is 0.928. The SMILES string of the molecule is CC(=O)C(=O)[C@H](C)Br. The number of hydrogen-bond donors (Lipinski definition) is 0. The minimum atomic E-state index is -0.394. The number of alkyl halides is 1. The third kappa shape index (κ3) is 2.21. The molecule has 0 N–H and O–H groups in total. The smallest absolute Gasteiger partial charge is 0.211 e. The Morgan fingerprint density at radius 2 is 1.88 bits per heavy atom. The second-order valence-electron chi connectivity index (χ2n) is 1.54. The molecule has 0 amide bonds. The van der Waals surface area contributed by atoms with E-state index in [-0.39, 0.29) is 10.6 Å². The van der Waals surface area contributed by atoms with Crippen molar-refractivity contribution in [3.8, 4) is 0 Å². The molecule has 3 heteroatoms. The number of carbonyl (C=O) groups excluding carboxylic acids is 2. The summed E-state index contributed by atoms with van der Waals surface area (Å²) in [5, 5.41) is 0. The summed E-state index contributed by atoms with van der Waals surface area (Å²) < 4.78 is 0. The van der Waals surface area contributed by atoms with Gasteiger partial charge in [-0.25, -0.2) is 0 Å². The molecular weight excluding hydrogens is 172 g/mol. The van der Waals surface area contributed by atoms with Gasteiger partial charge in [-0.15, -0.1) is 0 Å². The summed E-state index contributed by atoms with van der Waals surface area (Å²) in [5.74, 6) is -0.764. The number of Topliss-reactive ketones (excluding diaryl/α,β-unsaturated/α-hetero) is 2. The lowest BCUT2D eigenvalue weighted by Gasteiger charge is -1.93. The fourth-order valence-electron chi connectivity index (χ4n) is 0.280. The molecule has 2 nitrogen and oxygen atoms in total. The maximum atomic E-state index is 10.4. The van der Waals surface area contributed by atoms with Crippen molar-refractivity contribution in [2.24, 2.45) is 0 Å². The summed E-state index contributed by atoms with van der Waals surface area (Å²) in [6.45, 7) is 2.89. The Morgan fingerprint density at radius 1 is 1.50 bits per heavy atom. The van der Waals surface area contributed by atoms with Crippen molar-refractivity contribution in [2.45, 2.75) is 18.7 Å². The first kappa shape index (κ1) is 7.82. The molecule has 1 atom stereocenters. The average Bonchev–Trinajstić information content (AvgIpc) is 1.64. The van der Waals surface area contributed by atoms with Crippen LogP contribution < -0.4 is 0 Å². The predicted molar refractivity (Wildman–Crippen MR) is 34.1 cm³/mol. The summed E-state index contributed by atoms with van der Waals surface area (Å²) in [6, 6.07) is 0. The van der Waals surface area contributed by atoms with Crippen molar-refractivity contribution >= 4 is 27.5 Å². The van der Waals surface area contributed by atoms with Crippen LogP contribution in [0.5, 0.6) is 0 Å². The molecule has 0 aromatic heterocycles. The van der Waals surface area contributed by atoms with Gasteiger partial charge in [0.25, 0.3) is 0 Å². The molecule has 0 spiro atoms. The van der Waals surface area contributed by atoms with E-state index in [0.29, 0.717) is 0 Å². The Balaban J connectivity index is 3.84. The van der Waals surface area contributed by atoms with Crippen LogP contribution in [-0.4, -0.2) is 16.4 Å². The molecule has 0 rings (SSSR count). The van der Waals surface area contributed by atoms with Gasteiger partial charge in [-0.2, -0.15) is 0 Å². The lowest BCUT2D eigenvalue weighted by atomic mass is 10.2. The molecule has 0 bridgehead atoms. The van der Waals surface area contributed by atoms with Gasteiger partial charge in [-0.05, 0) is 6.92 Å². The Labute approximate surface area is 56.4 Å². The molecule has 0 heterocycles. The quantitative estimate of drug-likeness (QED) is 0.466. The van der Waals surface area contributed by atoms with E-state index in [9.17, 15) is 9.59 Å². The topological polar surface area (TPSA) is 34.1 Å². The van der Waals surface area contributed by atoms with Crippen LogP contribution in [0.4, 0.5) is 0 Å². The third-order valence-electron chi connectivity index (χ3n) is 0.708. The van der Waals surface area contributed by atoms with Gasteiger partial charge in [0.2, 0.25) is 5.78 Å². The van der Waals surface area contributed by atoms with Crippen molar-refractivity contribution in [2.75, 3.05) is 0 Å². The Hall–Kier alpha value is -0.180. The van der Waals surface area contributed by atoms with Gasteiger partial charge in [-0.1, -0.05) is 15.9 Å². The van der Waals surface area contributed by atoms with Gasteiger partial charge < -0.3 is 0 Å². The first-order valence-corrected chi connectivity index (χ1v) is 3.16. The molecule has 0 aliphatic rings. The molecule has 8 heavy (non-hydrogen) atoms. The van der Waals surface area contributed by atoms with Crippen LogP contribution in [0.15, 0.2) is 0 Å². The van der Waals surface area contributed by atoms with Crippen LogP contribution in [0, 0.1) is 0 Å². The maximum absolute atomic E-state index is 10.4. The molecule has 0 saturated heterocycles. The Bertz CT molecular complexity index is 118. The minimum absolute atomic E-state index is 0.333. The number of hydrogen-bond acceptors (Lipinski definition) is 2. The molecule has 0 aliphatic carbocycles. The van der Waals surface area contributed by atoms with E-state index in [1.54, 1.807) is 6.92 Å². The van der Waals surface area contributed by atoms with E-state index < -0.39 is 5.78 Å². The van der Waals surface area contributed by atoms with Gasteiger partial charge >= 0.3 is 0 Å². The first-order chi connectivity index (χ1) is 3.55. The number of carbonyl (C=O) groups is 2. The van der Waals surface area contributed by atoms with Crippen LogP contribution in [0.1, 0.15) is 13.8 Å². The molecule has 0 fully saturated rings. The Morgan fingerprint density at radius 3 is 1.88 bits per heavy atom. The van der Waals surface area contributed by atoms with E-state index in [2.05, 4.69) is 15.9 Å². The van der Waals surface area contributed by atoms with E-state index in [0.717, 1.165) is 0 Å². The minimum Gasteiger partial charge on any atom is -0.291 e. The zero-order chi connectivity index (χ0) is 6.73. The molecule has 46 valence electrons. The van der Waals surface area contributed by atoms with Crippen LogP contribution in [-0.2, 0) is 9.59 Å². The van der Waals surface area contributed by atoms with Gasteiger partial charge in [0.05, 0.1) is 4.83 Å². The van der Waals surface area contributed by atoms with Crippen LogP contribution >= 0.6 is 15.9 Å². The average molecular weight is 179 g/mol. The van der Waals surface area contributed by atoms with E-state index in [1.807, 2.05) is 0 Å². The molecule has 0 aliphatic heterocycles. The second kappa shape index (κ2) is 2.97. The molecular formula is C5H7BrO2. The summed E-state index contributed by atoms with van der Waals surface area (Å²) in [5.41, 5.74) is 0. The largest absolute Gasteiger partial charge is 0.291 e. The molecule has 0 radical (unpaired) electrons. The van der Waals surface area contributed by atoms with Crippen molar-refractivity contribution in [1.82, 2.24) is 0 Å². The zero-order valence-electron chi connectivity index (χ0n) is 4.77. The van der Waals surface area contributed by atoms with Crippen LogP contribution in [0.3, 0.4) is 0 Å². The lowest BCUT2D eigenvalue weighted by Crippen LogP contribution is -2.17. The number of ketones is 2. The highest BCUT2D eigenvalue weighted by Crippen LogP contribution is 1.98. The normalized spacial score (nSPS) is 12.9. The fourth-order valence-corrected chi connectivity index (χ4v) is 0.602. The summed E-state index contributed by atoms with van der Waals surface area (Å²) in [7, 11) is 0.